The summed E-state index contributed by atoms with van der Waals surface area (Å²) >= 11 is 0. The maximum Gasteiger partial charge on any atom is 0.0314 e. The normalized spacial score (nSPS) is 12.0. The Bertz CT molecular complexity index is 279. The second kappa shape index (κ2) is 3.82. The molecule has 1 aromatic carbocycles. The highest BCUT2D eigenvalue weighted by molar-refractivity contribution is 5.39. The van der Waals surface area contributed by atoms with Crippen LogP contribution in [-0.2, 0) is 6.42 Å². The van der Waals surface area contributed by atoms with Gasteiger partial charge in [0.2, 0.25) is 0 Å². The Morgan fingerprint density at radius 3 is 2.50 bits per heavy atom. The van der Waals surface area contributed by atoms with E-state index in [1.807, 2.05) is 31.2 Å². The average Bonchev–Trinajstić information content (AvgIpc) is 2.09. The number of anilines is 1. The molecule has 12 heavy (non-hydrogen) atoms. The zero-order chi connectivity index (χ0) is 8.97. The molecule has 2 N–H and O–H groups in total. The van der Waals surface area contributed by atoms with Crippen LogP contribution in [0.5, 0.6) is 0 Å². The molecule has 1 heteroatoms. The topological polar surface area (TPSA) is 26.0 Å². The molecule has 0 aliphatic heterocycles. The molecule has 0 heterocycles. The van der Waals surface area contributed by atoms with Crippen LogP contribution in [0.4, 0.5) is 5.69 Å². The number of hydrogen-bond donors (Lipinski definition) is 1. The van der Waals surface area contributed by atoms with Crippen LogP contribution in [0.2, 0.25) is 0 Å². The van der Waals surface area contributed by atoms with Crippen LogP contribution in [0.1, 0.15) is 12.5 Å². The molecule has 0 fully saturated rings. The first-order valence-corrected chi connectivity index (χ1v) is 4.03. The smallest absolute Gasteiger partial charge is 0.0314 e. The lowest BCUT2D eigenvalue weighted by atomic mass is 10.0. The van der Waals surface area contributed by atoms with Crippen molar-refractivity contribution in [2.24, 2.45) is 5.92 Å². The number of hydrogen-bond acceptors (Lipinski definition) is 1. The van der Waals surface area contributed by atoms with Crippen LogP contribution in [0, 0.1) is 18.3 Å². The third-order valence-corrected chi connectivity index (χ3v) is 1.81. The first kappa shape index (κ1) is 8.67. The Morgan fingerprint density at radius 1 is 1.42 bits per heavy atom. The molecule has 0 amide bonds. The Hall–Kier alpha value is -1.42. The minimum Gasteiger partial charge on any atom is -0.399 e. The van der Waals surface area contributed by atoms with E-state index in [1.54, 1.807) is 0 Å². The van der Waals surface area contributed by atoms with Crippen LogP contribution in [0.15, 0.2) is 24.3 Å². The molecule has 0 spiro atoms. The van der Waals surface area contributed by atoms with Crippen LogP contribution in [0.3, 0.4) is 0 Å². The lowest BCUT2D eigenvalue weighted by Crippen LogP contribution is -1.96. The van der Waals surface area contributed by atoms with Crippen molar-refractivity contribution >= 4 is 5.69 Å². The molecule has 0 radical (unpaired) electrons. The van der Waals surface area contributed by atoms with Gasteiger partial charge in [-0.1, -0.05) is 19.1 Å². The summed E-state index contributed by atoms with van der Waals surface area (Å²) in [6, 6.07) is 7.84. The largest absolute Gasteiger partial charge is 0.399 e. The van der Waals surface area contributed by atoms with Gasteiger partial charge in [-0.15, -0.1) is 12.3 Å². The van der Waals surface area contributed by atoms with Crippen molar-refractivity contribution in [3.63, 3.8) is 0 Å². The molecular formula is C11H13N. The van der Waals surface area contributed by atoms with Crippen LogP contribution in [0.25, 0.3) is 0 Å². The van der Waals surface area contributed by atoms with Crippen LogP contribution in [-0.4, -0.2) is 0 Å². The van der Waals surface area contributed by atoms with Gasteiger partial charge in [0, 0.05) is 11.6 Å². The number of terminal acetylenes is 1. The molecule has 1 nitrogen and oxygen atoms in total. The fraction of sp³-hybridized carbons (Fsp3) is 0.273. The molecule has 1 aromatic rings. The average molecular weight is 159 g/mol. The van der Waals surface area contributed by atoms with Crippen LogP contribution >= 0.6 is 0 Å². The summed E-state index contributed by atoms with van der Waals surface area (Å²) in [4.78, 5) is 0. The van der Waals surface area contributed by atoms with Gasteiger partial charge in [0.25, 0.3) is 0 Å². The molecular weight excluding hydrogens is 146 g/mol. The minimum atomic E-state index is 0.300. The molecule has 0 saturated carbocycles. The first-order valence-electron chi connectivity index (χ1n) is 4.03. The van der Waals surface area contributed by atoms with E-state index in [2.05, 4.69) is 5.92 Å². The fourth-order valence-corrected chi connectivity index (χ4v) is 1.07. The first-order chi connectivity index (χ1) is 5.72. The van der Waals surface area contributed by atoms with Gasteiger partial charge >= 0.3 is 0 Å². The third kappa shape index (κ3) is 2.32. The van der Waals surface area contributed by atoms with E-state index in [9.17, 15) is 0 Å². The quantitative estimate of drug-likeness (QED) is 0.519. The maximum atomic E-state index is 5.55. The second-order valence-corrected chi connectivity index (χ2v) is 3.01. The Morgan fingerprint density at radius 2 is 2.00 bits per heavy atom. The highest BCUT2D eigenvalue weighted by Crippen LogP contribution is 2.10. The molecule has 0 bridgehead atoms. The summed E-state index contributed by atoms with van der Waals surface area (Å²) in [7, 11) is 0. The minimum absolute atomic E-state index is 0.300. The lowest BCUT2D eigenvalue weighted by molar-refractivity contribution is 0.751. The van der Waals surface area contributed by atoms with Gasteiger partial charge in [0.05, 0.1) is 0 Å². The molecule has 0 aromatic heterocycles. The predicted molar refractivity (Wildman–Crippen MR) is 52.6 cm³/mol. The summed E-state index contributed by atoms with van der Waals surface area (Å²) in [5, 5.41) is 0. The van der Waals surface area contributed by atoms with E-state index in [-0.39, 0.29) is 0 Å². The van der Waals surface area contributed by atoms with Gasteiger partial charge in [-0.25, -0.2) is 0 Å². The monoisotopic (exact) mass is 159 g/mol. The summed E-state index contributed by atoms with van der Waals surface area (Å²) in [5.74, 6) is 3.00. The Balaban J connectivity index is 2.66. The number of nitrogens with two attached hydrogens (primary N) is 1. The summed E-state index contributed by atoms with van der Waals surface area (Å²) in [6.45, 7) is 2.04. The van der Waals surface area contributed by atoms with Gasteiger partial charge < -0.3 is 5.73 Å². The van der Waals surface area contributed by atoms with Crippen molar-refractivity contribution in [2.75, 3.05) is 5.73 Å². The molecule has 0 aliphatic carbocycles. The summed E-state index contributed by atoms with van der Waals surface area (Å²) in [5.41, 5.74) is 7.59. The van der Waals surface area contributed by atoms with Gasteiger partial charge in [-0.05, 0) is 24.1 Å². The predicted octanol–water partition coefficient (Wildman–Crippen LogP) is 2.08. The maximum absolute atomic E-state index is 5.55. The summed E-state index contributed by atoms with van der Waals surface area (Å²) < 4.78 is 0. The van der Waals surface area contributed by atoms with E-state index in [0.717, 1.165) is 12.1 Å². The van der Waals surface area contributed by atoms with Crippen molar-refractivity contribution in [1.82, 2.24) is 0 Å². The van der Waals surface area contributed by atoms with Crippen molar-refractivity contribution in [2.45, 2.75) is 13.3 Å². The van der Waals surface area contributed by atoms with Gasteiger partial charge in [0.15, 0.2) is 0 Å². The second-order valence-electron chi connectivity index (χ2n) is 3.01. The zero-order valence-electron chi connectivity index (χ0n) is 7.25. The third-order valence-electron chi connectivity index (χ3n) is 1.81. The highest BCUT2D eigenvalue weighted by Gasteiger charge is 1.98. The van der Waals surface area contributed by atoms with E-state index in [0.29, 0.717) is 5.92 Å². The van der Waals surface area contributed by atoms with E-state index >= 15 is 0 Å². The van der Waals surface area contributed by atoms with Gasteiger partial charge in [-0.3, -0.25) is 0 Å². The number of rotatable bonds is 2. The molecule has 0 aliphatic rings. The molecule has 1 atom stereocenters. The van der Waals surface area contributed by atoms with Crippen molar-refractivity contribution in [1.29, 1.82) is 0 Å². The molecule has 0 saturated heterocycles. The van der Waals surface area contributed by atoms with Crippen LogP contribution < -0.4 is 5.73 Å². The zero-order valence-corrected chi connectivity index (χ0v) is 7.25. The molecule has 1 rings (SSSR count). The van der Waals surface area contributed by atoms with E-state index in [4.69, 9.17) is 12.2 Å². The number of benzene rings is 1. The van der Waals surface area contributed by atoms with E-state index in [1.165, 1.54) is 5.56 Å². The van der Waals surface area contributed by atoms with Gasteiger partial charge in [-0.2, -0.15) is 0 Å². The lowest BCUT2D eigenvalue weighted by Gasteiger charge is -2.03. The number of nitrogen functional groups attached to an aromatic ring is 1. The van der Waals surface area contributed by atoms with Crippen molar-refractivity contribution in [3.8, 4) is 12.3 Å². The van der Waals surface area contributed by atoms with E-state index < -0.39 is 0 Å². The molecule has 0 unspecified atom stereocenters. The standard InChI is InChI=1S/C11H13N/c1-3-9(2)8-10-4-6-11(12)7-5-10/h1,4-7,9H,8,12H2,2H3/t9-/m1/s1. The van der Waals surface area contributed by atoms with Crippen molar-refractivity contribution in [3.05, 3.63) is 29.8 Å². The summed E-state index contributed by atoms with van der Waals surface area (Å²) in [6.07, 6.45) is 6.20. The van der Waals surface area contributed by atoms with Crippen molar-refractivity contribution < 1.29 is 0 Å². The fourth-order valence-electron chi connectivity index (χ4n) is 1.07. The highest BCUT2D eigenvalue weighted by atomic mass is 14.5. The molecule has 62 valence electrons. The van der Waals surface area contributed by atoms with Gasteiger partial charge in [0.1, 0.15) is 0 Å². The Labute approximate surface area is 73.6 Å². The SMILES string of the molecule is C#C[C@@H](C)Cc1ccc(N)cc1. The Kier molecular flexibility index (Phi) is 2.76.